The molecular formula is C21H28F3N3O4S2. The van der Waals surface area contributed by atoms with E-state index < -0.39 is 34.8 Å². The minimum absolute atomic E-state index is 0.0316. The number of halogens is 3. The van der Waals surface area contributed by atoms with Crippen LogP contribution in [0.15, 0.2) is 22.6 Å². The fraction of sp³-hybridized carbons (Fsp3) is 0.476. The van der Waals surface area contributed by atoms with Crippen molar-refractivity contribution < 1.29 is 32.0 Å². The molecule has 0 saturated carbocycles. The topological polar surface area (TPSA) is 100 Å². The van der Waals surface area contributed by atoms with E-state index in [1.807, 2.05) is 27.7 Å². The van der Waals surface area contributed by atoms with Gasteiger partial charge in [-0.3, -0.25) is 4.72 Å². The molecule has 2 rings (SSSR count). The summed E-state index contributed by atoms with van der Waals surface area (Å²) in [5.41, 5.74) is 0.169. The number of thiol groups is 1. The molecule has 0 aliphatic rings. The van der Waals surface area contributed by atoms with Crippen molar-refractivity contribution in [3.05, 3.63) is 40.0 Å². The average molecular weight is 508 g/mol. The standard InChI is InChI=1S/C21H28F3N3O4S2/c1-10(2)13-7-12(31-19(23)24)8-14(11(3)4)17(13)25-20(28)27-33(30)26-18-15(22)9-16(32-18)21(5,6)29/h7-11,19,29,33H,1-6H3,(H2,25,26,27,28,30). The number of carbonyl (C=O) groups is 1. The van der Waals surface area contributed by atoms with Crippen molar-refractivity contribution in [1.29, 1.82) is 0 Å². The van der Waals surface area contributed by atoms with Crippen molar-refractivity contribution in [2.75, 3.05) is 10.0 Å². The van der Waals surface area contributed by atoms with Crippen LogP contribution in [0, 0.1) is 5.82 Å². The Morgan fingerprint density at radius 2 is 1.70 bits per heavy atom. The van der Waals surface area contributed by atoms with Gasteiger partial charge in [0.1, 0.15) is 21.5 Å². The van der Waals surface area contributed by atoms with E-state index in [0.717, 1.165) is 17.4 Å². The van der Waals surface area contributed by atoms with Crippen LogP contribution >= 0.6 is 11.3 Å². The molecule has 0 fully saturated rings. The van der Waals surface area contributed by atoms with Crippen LogP contribution in [0.1, 0.15) is 69.4 Å². The summed E-state index contributed by atoms with van der Waals surface area (Å²) in [7, 11) is -2.72. The van der Waals surface area contributed by atoms with Crippen molar-refractivity contribution >= 4 is 38.8 Å². The maximum absolute atomic E-state index is 14.1. The van der Waals surface area contributed by atoms with Crippen LogP contribution in [0.25, 0.3) is 0 Å². The molecule has 1 heterocycles. The number of urea groups is 1. The molecule has 2 amide bonds. The van der Waals surface area contributed by atoms with Gasteiger partial charge in [0.05, 0.1) is 5.60 Å². The molecule has 12 heteroatoms. The normalized spacial score (nSPS) is 13.1. The summed E-state index contributed by atoms with van der Waals surface area (Å²) in [6.07, 6.45) is 0. The van der Waals surface area contributed by atoms with Crippen molar-refractivity contribution in [3.63, 3.8) is 0 Å². The highest BCUT2D eigenvalue weighted by Gasteiger charge is 2.22. The first-order valence-corrected chi connectivity index (χ1v) is 12.1. The van der Waals surface area contributed by atoms with Gasteiger partial charge in [0, 0.05) is 10.6 Å². The molecule has 1 unspecified atom stereocenters. The first-order valence-electron chi connectivity index (χ1n) is 10.1. The van der Waals surface area contributed by atoms with Crippen molar-refractivity contribution in [2.24, 2.45) is 4.36 Å². The number of hydrogen-bond donors (Lipinski definition) is 4. The molecule has 3 N–H and O–H groups in total. The maximum Gasteiger partial charge on any atom is 0.387 e. The number of alkyl halides is 2. The molecule has 33 heavy (non-hydrogen) atoms. The SMILES string of the molecule is CC(C)c1cc(OC(F)F)cc(C(C)C)c1NC(=O)/N=[SH](=O)\Nc1sc(C(C)(C)O)cc1F. The number of rotatable bonds is 8. The highest BCUT2D eigenvalue weighted by molar-refractivity contribution is 7.77. The molecule has 0 aliphatic carbocycles. The number of anilines is 2. The van der Waals surface area contributed by atoms with Gasteiger partial charge in [-0.1, -0.05) is 27.7 Å². The summed E-state index contributed by atoms with van der Waals surface area (Å²) in [5.74, 6) is -1.08. The van der Waals surface area contributed by atoms with Gasteiger partial charge in [-0.2, -0.15) is 8.78 Å². The molecule has 2 aromatic rings. The summed E-state index contributed by atoms with van der Waals surface area (Å²) in [6, 6.07) is 2.99. The van der Waals surface area contributed by atoms with Gasteiger partial charge in [0.15, 0.2) is 5.82 Å². The van der Waals surface area contributed by atoms with E-state index >= 15 is 0 Å². The molecule has 1 aromatic heterocycles. The van der Waals surface area contributed by atoms with Gasteiger partial charge in [0.25, 0.3) is 0 Å². The molecule has 0 aliphatic heterocycles. The van der Waals surface area contributed by atoms with Crippen LogP contribution in [0.2, 0.25) is 0 Å². The average Bonchev–Trinajstić information content (AvgIpc) is 3.02. The lowest BCUT2D eigenvalue weighted by atomic mass is 9.92. The third-order valence-electron chi connectivity index (χ3n) is 4.54. The summed E-state index contributed by atoms with van der Waals surface area (Å²) < 4.78 is 62.3. The van der Waals surface area contributed by atoms with Crippen LogP contribution in [0.4, 0.5) is 28.7 Å². The number of thiophene rings is 1. The zero-order chi connectivity index (χ0) is 25.1. The van der Waals surface area contributed by atoms with Crippen molar-refractivity contribution in [3.8, 4) is 5.75 Å². The second-order valence-electron chi connectivity index (χ2n) is 8.43. The highest BCUT2D eigenvalue weighted by Crippen LogP contribution is 2.37. The summed E-state index contributed by atoms with van der Waals surface area (Å²) >= 11 is 0.858. The van der Waals surface area contributed by atoms with E-state index in [4.69, 9.17) is 0 Å². The number of benzene rings is 1. The quantitative estimate of drug-likeness (QED) is 0.320. The minimum Gasteiger partial charge on any atom is -0.435 e. The lowest BCUT2D eigenvalue weighted by molar-refractivity contribution is -0.0499. The van der Waals surface area contributed by atoms with E-state index in [-0.39, 0.29) is 22.6 Å². The lowest BCUT2D eigenvalue weighted by Crippen LogP contribution is -2.14. The van der Waals surface area contributed by atoms with Crippen LogP contribution in [-0.2, 0) is 16.4 Å². The molecular weight excluding hydrogens is 479 g/mol. The third-order valence-corrected chi connectivity index (χ3v) is 6.81. The third kappa shape index (κ3) is 7.34. The van der Waals surface area contributed by atoms with E-state index in [1.54, 1.807) is 0 Å². The molecule has 0 spiro atoms. The van der Waals surface area contributed by atoms with Crippen LogP contribution in [-0.4, -0.2) is 22.0 Å². The highest BCUT2D eigenvalue weighted by atomic mass is 32.2. The Labute approximate surface area is 196 Å². The Balaban J connectivity index is 2.32. The van der Waals surface area contributed by atoms with Crippen molar-refractivity contribution in [2.45, 2.75) is 65.6 Å². The number of carbonyl (C=O) groups excluding carboxylic acids is 1. The van der Waals surface area contributed by atoms with Gasteiger partial charge in [-0.05, 0) is 55.0 Å². The van der Waals surface area contributed by atoms with E-state index in [9.17, 15) is 27.3 Å². The number of ether oxygens (including phenoxy) is 1. The van der Waals surface area contributed by atoms with Crippen LogP contribution < -0.4 is 14.8 Å². The monoisotopic (exact) mass is 507 g/mol. The van der Waals surface area contributed by atoms with E-state index in [2.05, 4.69) is 19.1 Å². The van der Waals surface area contributed by atoms with Gasteiger partial charge >= 0.3 is 12.6 Å². The van der Waals surface area contributed by atoms with Gasteiger partial charge in [0.2, 0.25) is 0 Å². The summed E-state index contributed by atoms with van der Waals surface area (Å²) in [6.45, 7) is 7.25. The Morgan fingerprint density at radius 3 is 2.12 bits per heavy atom. The summed E-state index contributed by atoms with van der Waals surface area (Å²) in [4.78, 5) is 12.8. The fourth-order valence-electron chi connectivity index (χ4n) is 2.96. The second kappa shape index (κ2) is 10.7. The Hall–Kier alpha value is -2.31. The number of aliphatic hydroxyl groups is 1. The molecule has 0 saturated heterocycles. The van der Waals surface area contributed by atoms with Gasteiger partial charge < -0.3 is 15.2 Å². The lowest BCUT2D eigenvalue weighted by Gasteiger charge is -2.21. The Kier molecular flexibility index (Phi) is 8.77. The number of nitrogens with zero attached hydrogens (tertiary/aromatic N) is 1. The number of amides is 2. The first kappa shape index (κ1) is 26.9. The second-order valence-corrected chi connectivity index (χ2v) is 10.4. The maximum atomic E-state index is 14.1. The number of hydrogen-bond acceptors (Lipinski definition) is 5. The van der Waals surface area contributed by atoms with Crippen LogP contribution in [0.5, 0.6) is 5.75 Å². The number of nitrogens with one attached hydrogen (secondary N) is 2. The zero-order valence-corrected chi connectivity index (χ0v) is 20.8. The minimum atomic E-state index is -3.00. The molecule has 0 bridgehead atoms. The van der Waals surface area contributed by atoms with Gasteiger partial charge in [-0.25, -0.2) is 13.4 Å². The Bertz CT molecular complexity index is 1060. The molecule has 1 aromatic carbocycles. The van der Waals surface area contributed by atoms with Crippen LogP contribution in [0.3, 0.4) is 0 Å². The predicted molar refractivity (Wildman–Crippen MR) is 125 cm³/mol. The zero-order valence-electron chi connectivity index (χ0n) is 19.1. The smallest absolute Gasteiger partial charge is 0.387 e. The molecule has 7 nitrogen and oxygen atoms in total. The molecule has 184 valence electrons. The Morgan fingerprint density at radius 1 is 1.15 bits per heavy atom. The van der Waals surface area contributed by atoms with Gasteiger partial charge in [-0.15, -0.1) is 15.7 Å². The summed E-state index contributed by atoms with van der Waals surface area (Å²) in [5, 5.41) is 12.4. The fourth-order valence-corrected chi connectivity index (χ4v) is 4.71. The molecule has 0 radical (unpaired) electrons. The molecule has 1 atom stereocenters. The predicted octanol–water partition coefficient (Wildman–Crippen LogP) is 6.19. The first-order chi connectivity index (χ1) is 15.2. The van der Waals surface area contributed by atoms with Crippen molar-refractivity contribution in [1.82, 2.24) is 0 Å². The van der Waals surface area contributed by atoms with E-state index in [1.165, 1.54) is 26.0 Å². The largest absolute Gasteiger partial charge is 0.435 e. The van der Waals surface area contributed by atoms with E-state index in [0.29, 0.717) is 21.7 Å².